The predicted octanol–water partition coefficient (Wildman–Crippen LogP) is 2.88. The molecule has 4 heterocycles. The standard InChI is InChI=1S/C18H18F3N7O/c1-17(2)11-13(22)25-15(26-14(11)27-16(17)29)12-9-5-4-8-23-28(9)10(24-12)6-3-7-18(19,20)21/h4-5,8H,3,6-7H2,1-2H3,(H3,22,25,26,27,29). The van der Waals surface area contributed by atoms with Gasteiger partial charge in [0.2, 0.25) is 5.91 Å². The molecule has 0 bridgehead atoms. The fourth-order valence-electron chi connectivity index (χ4n) is 3.43. The van der Waals surface area contributed by atoms with Crippen LogP contribution in [0.2, 0.25) is 0 Å². The number of hydrogen-bond acceptors (Lipinski definition) is 6. The van der Waals surface area contributed by atoms with Crippen molar-refractivity contribution in [1.29, 1.82) is 0 Å². The summed E-state index contributed by atoms with van der Waals surface area (Å²) in [6, 6.07) is 3.40. The van der Waals surface area contributed by atoms with Crippen LogP contribution in [0.15, 0.2) is 18.3 Å². The Morgan fingerprint density at radius 2 is 2.00 bits per heavy atom. The Bertz CT molecular complexity index is 1120. The molecule has 8 nitrogen and oxygen atoms in total. The second kappa shape index (κ2) is 6.39. The smallest absolute Gasteiger partial charge is 0.383 e. The van der Waals surface area contributed by atoms with Crippen molar-refractivity contribution in [2.24, 2.45) is 0 Å². The van der Waals surface area contributed by atoms with E-state index in [0.717, 1.165) is 0 Å². The number of rotatable bonds is 4. The molecule has 0 saturated carbocycles. The van der Waals surface area contributed by atoms with Gasteiger partial charge >= 0.3 is 6.18 Å². The molecular weight excluding hydrogens is 387 g/mol. The number of nitrogens with two attached hydrogens (primary N) is 1. The number of fused-ring (bicyclic) bond motifs is 2. The summed E-state index contributed by atoms with van der Waals surface area (Å²) in [6.07, 6.45) is -3.65. The van der Waals surface area contributed by atoms with Crippen molar-refractivity contribution in [3.8, 4) is 11.5 Å². The van der Waals surface area contributed by atoms with E-state index in [1.54, 1.807) is 26.0 Å². The summed E-state index contributed by atoms with van der Waals surface area (Å²) >= 11 is 0. The minimum absolute atomic E-state index is 0.0852. The summed E-state index contributed by atoms with van der Waals surface area (Å²) in [6.45, 7) is 3.45. The summed E-state index contributed by atoms with van der Waals surface area (Å²) in [5, 5.41) is 6.89. The van der Waals surface area contributed by atoms with Gasteiger partial charge in [0.1, 0.15) is 23.2 Å². The van der Waals surface area contributed by atoms with Crippen LogP contribution in [-0.2, 0) is 16.6 Å². The number of alkyl halides is 3. The zero-order chi connectivity index (χ0) is 21.0. The fraction of sp³-hybridized carbons (Fsp3) is 0.389. The van der Waals surface area contributed by atoms with Gasteiger partial charge in [-0.1, -0.05) is 0 Å². The number of anilines is 2. The third-order valence-electron chi connectivity index (χ3n) is 4.91. The van der Waals surface area contributed by atoms with Gasteiger partial charge in [0.15, 0.2) is 5.82 Å². The van der Waals surface area contributed by atoms with E-state index in [0.29, 0.717) is 28.4 Å². The van der Waals surface area contributed by atoms with E-state index in [9.17, 15) is 18.0 Å². The number of amides is 1. The van der Waals surface area contributed by atoms with Crippen molar-refractivity contribution in [2.75, 3.05) is 11.1 Å². The van der Waals surface area contributed by atoms with Crippen molar-refractivity contribution < 1.29 is 18.0 Å². The summed E-state index contributed by atoms with van der Waals surface area (Å²) in [4.78, 5) is 25.4. The average Bonchev–Trinajstić information content (AvgIpc) is 3.09. The molecule has 1 aliphatic heterocycles. The lowest BCUT2D eigenvalue weighted by Crippen LogP contribution is -2.27. The van der Waals surface area contributed by atoms with Gasteiger partial charge in [-0.3, -0.25) is 4.79 Å². The lowest BCUT2D eigenvalue weighted by atomic mass is 9.87. The van der Waals surface area contributed by atoms with Gasteiger partial charge < -0.3 is 11.1 Å². The van der Waals surface area contributed by atoms with Crippen LogP contribution in [0.4, 0.5) is 24.8 Å². The van der Waals surface area contributed by atoms with E-state index in [2.05, 4.69) is 25.4 Å². The summed E-state index contributed by atoms with van der Waals surface area (Å²) in [5.41, 5.74) is 6.64. The maximum atomic E-state index is 12.5. The zero-order valence-electron chi connectivity index (χ0n) is 15.7. The normalized spacial score (nSPS) is 15.6. The summed E-state index contributed by atoms with van der Waals surface area (Å²) < 4.78 is 39.0. The molecule has 0 radical (unpaired) electrons. The number of nitrogens with zero attached hydrogens (tertiary/aromatic N) is 5. The third-order valence-corrected chi connectivity index (χ3v) is 4.91. The molecular formula is C18H18F3N7O. The van der Waals surface area contributed by atoms with E-state index in [1.165, 1.54) is 10.7 Å². The van der Waals surface area contributed by atoms with Crippen molar-refractivity contribution in [2.45, 2.75) is 44.7 Å². The van der Waals surface area contributed by atoms with Crippen molar-refractivity contribution >= 4 is 23.1 Å². The van der Waals surface area contributed by atoms with Crippen LogP contribution in [0.25, 0.3) is 17.0 Å². The minimum atomic E-state index is -4.23. The first-order valence-electron chi connectivity index (χ1n) is 8.97. The molecule has 0 aliphatic carbocycles. The lowest BCUT2D eigenvalue weighted by Gasteiger charge is -2.15. The van der Waals surface area contributed by atoms with Gasteiger partial charge in [-0.25, -0.2) is 19.5 Å². The highest BCUT2D eigenvalue weighted by molar-refractivity contribution is 6.06. The summed E-state index contributed by atoms with van der Waals surface area (Å²) in [5.74, 6) is 0.761. The first kappa shape index (κ1) is 19.1. The van der Waals surface area contributed by atoms with Gasteiger partial charge in [0.05, 0.1) is 16.5 Å². The van der Waals surface area contributed by atoms with Crippen LogP contribution in [-0.4, -0.2) is 36.6 Å². The zero-order valence-corrected chi connectivity index (χ0v) is 15.7. The largest absolute Gasteiger partial charge is 0.389 e. The number of imidazole rings is 1. The number of carbonyl (C=O) groups is 1. The van der Waals surface area contributed by atoms with E-state index in [4.69, 9.17) is 5.73 Å². The number of nitrogens with one attached hydrogen (secondary N) is 1. The Morgan fingerprint density at radius 3 is 2.72 bits per heavy atom. The molecule has 3 aromatic heterocycles. The lowest BCUT2D eigenvalue weighted by molar-refractivity contribution is -0.135. The molecule has 0 spiro atoms. The van der Waals surface area contributed by atoms with Gasteiger partial charge in [0, 0.05) is 19.0 Å². The Balaban J connectivity index is 1.77. The highest BCUT2D eigenvalue weighted by Gasteiger charge is 2.42. The van der Waals surface area contributed by atoms with Crippen LogP contribution in [0.3, 0.4) is 0 Å². The Hall–Kier alpha value is -3.24. The number of hydrogen-bond donors (Lipinski definition) is 2. The Kier molecular flexibility index (Phi) is 4.21. The molecule has 3 N–H and O–H groups in total. The molecule has 1 amide bonds. The van der Waals surface area contributed by atoms with Gasteiger partial charge in [-0.2, -0.15) is 18.3 Å². The van der Waals surface area contributed by atoms with E-state index >= 15 is 0 Å². The van der Waals surface area contributed by atoms with E-state index in [1.807, 2.05) is 0 Å². The molecule has 152 valence electrons. The van der Waals surface area contributed by atoms with Crippen LogP contribution >= 0.6 is 0 Å². The number of halogens is 3. The molecule has 4 rings (SSSR count). The number of aryl methyl sites for hydroxylation is 1. The van der Waals surface area contributed by atoms with Crippen LogP contribution in [0.5, 0.6) is 0 Å². The molecule has 0 aromatic carbocycles. The quantitative estimate of drug-likeness (QED) is 0.691. The topological polar surface area (TPSA) is 111 Å². The average molecular weight is 405 g/mol. The number of carbonyl (C=O) groups excluding carboxylic acids is 1. The maximum absolute atomic E-state index is 12.5. The number of aromatic nitrogens is 5. The first-order valence-corrected chi connectivity index (χ1v) is 8.97. The molecule has 0 fully saturated rings. The molecule has 1 aliphatic rings. The van der Waals surface area contributed by atoms with Gasteiger partial charge in [0.25, 0.3) is 0 Å². The van der Waals surface area contributed by atoms with Crippen LogP contribution < -0.4 is 11.1 Å². The predicted molar refractivity (Wildman–Crippen MR) is 99.1 cm³/mol. The van der Waals surface area contributed by atoms with Crippen LogP contribution in [0, 0.1) is 0 Å². The second-order valence-corrected chi connectivity index (χ2v) is 7.40. The maximum Gasteiger partial charge on any atom is 0.389 e. The summed E-state index contributed by atoms with van der Waals surface area (Å²) in [7, 11) is 0. The van der Waals surface area contributed by atoms with Crippen molar-refractivity contribution in [3.05, 3.63) is 29.7 Å². The minimum Gasteiger partial charge on any atom is -0.383 e. The molecule has 3 aromatic rings. The number of nitrogen functional groups attached to an aromatic ring is 1. The fourth-order valence-corrected chi connectivity index (χ4v) is 3.43. The molecule has 0 saturated heterocycles. The highest BCUT2D eigenvalue weighted by Crippen LogP contribution is 2.40. The first-order chi connectivity index (χ1) is 13.6. The van der Waals surface area contributed by atoms with Crippen molar-refractivity contribution in [3.63, 3.8) is 0 Å². The SMILES string of the molecule is CC1(C)C(=O)Nc2nc(-c3nc(CCCC(F)(F)F)n4ncccc34)nc(N)c21. The third kappa shape index (κ3) is 3.26. The molecule has 11 heteroatoms. The second-order valence-electron chi connectivity index (χ2n) is 7.40. The highest BCUT2D eigenvalue weighted by atomic mass is 19.4. The van der Waals surface area contributed by atoms with Crippen LogP contribution in [0.1, 0.15) is 38.1 Å². The molecule has 0 unspecified atom stereocenters. The van der Waals surface area contributed by atoms with E-state index in [-0.39, 0.29) is 30.4 Å². The Morgan fingerprint density at radius 1 is 1.24 bits per heavy atom. The van der Waals surface area contributed by atoms with Gasteiger partial charge in [-0.15, -0.1) is 0 Å². The van der Waals surface area contributed by atoms with Gasteiger partial charge in [-0.05, 0) is 32.4 Å². The Labute approximate surface area is 163 Å². The van der Waals surface area contributed by atoms with Crippen molar-refractivity contribution in [1.82, 2.24) is 24.6 Å². The molecule has 0 atom stereocenters. The molecule has 29 heavy (non-hydrogen) atoms. The van der Waals surface area contributed by atoms with E-state index < -0.39 is 18.0 Å². The monoisotopic (exact) mass is 405 g/mol.